The quantitative estimate of drug-likeness (QED) is 0.493. The van der Waals surface area contributed by atoms with Crippen molar-refractivity contribution in [2.45, 2.75) is 39.7 Å². The van der Waals surface area contributed by atoms with E-state index in [4.69, 9.17) is 11.6 Å². The Balaban J connectivity index is 2.58. The first-order chi connectivity index (χ1) is 9.43. The molecular weight excluding hydrogens is 390 g/mol. The Bertz CT molecular complexity index is 609. The van der Waals surface area contributed by atoms with Gasteiger partial charge in [-0.25, -0.2) is 9.37 Å². The number of hydrogen-bond donors (Lipinski definition) is 0. The van der Waals surface area contributed by atoms with Crippen molar-refractivity contribution in [3.8, 4) is 0 Å². The number of imidazole rings is 1. The van der Waals surface area contributed by atoms with E-state index in [0.717, 1.165) is 23.3 Å². The number of alkyl halides is 1. The van der Waals surface area contributed by atoms with Crippen LogP contribution in [0.4, 0.5) is 4.39 Å². The molecule has 0 aliphatic carbocycles. The van der Waals surface area contributed by atoms with Crippen molar-refractivity contribution in [1.82, 2.24) is 9.55 Å². The van der Waals surface area contributed by atoms with Crippen LogP contribution < -0.4 is 0 Å². The molecule has 0 bridgehead atoms. The molecule has 1 aromatic carbocycles. The Morgan fingerprint density at radius 1 is 1.35 bits per heavy atom. The Morgan fingerprint density at radius 2 is 2.05 bits per heavy atom. The highest BCUT2D eigenvalue weighted by molar-refractivity contribution is 14.1. The Morgan fingerprint density at radius 3 is 2.65 bits per heavy atom. The average molecular weight is 409 g/mol. The second-order valence-corrected chi connectivity index (χ2v) is 7.11. The Labute approximate surface area is 137 Å². The molecule has 2 rings (SSSR count). The molecule has 0 saturated heterocycles. The van der Waals surface area contributed by atoms with Crippen LogP contribution in [0.2, 0.25) is 0 Å². The van der Waals surface area contributed by atoms with Crippen LogP contribution >= 0.6 is 34.2 Å². The van der Waals surface area contributed by atoms with Crippen molar-refractivity contribution in [3.63, 3.8) is 0 Å². The maximum atomic E-state index is 13.9. The van der Waals surface area contributed by atoms with Crippen molar-refractivity contribution >= 4 is 45.2 Å². The monoisotopic (exact) mass is 408 g/mol. The molecule has 110 valence electrons. The maximum Gasteiger partial charge on any atom is 0.138 e. The third-order valence-electron chi connectivity index (χ3n) is 3.38. The summed E-state index contributed by atoms with van der Waals surface area (Å²) in [6, 6.07) is 3.69. The molecule has 5 heteroatoms. The van der Waals surface area contributed by atoms with Crippen LogP contribution in [0.15, 0.2) is 12.1 Å². The van der Waals surface area contributed by atoms with E-state index >= 15 is 0 Å². The molecule has 1 heterocycles. The summed E-state index contributed by atoms with van der Waals surface area (Å²) in [5.74, 6) is 1.87. The van der Waals surface area contributed by atoms with E-state index in [-0.39, 0.29) is 11.9 Å². The van der Waals surface area contributed by atoms with Gasteiger partial charge in [0, 0.05) is 24.4 Å². The van der Waals surface area contributed by atoms with Gasteiger partial charge in [0.05, 0.1) is 14.6 Å². The van der Waals surface area contributed by atoms with E-state index in [9.17, 15) is 4.39 Å². The first-order valence-electron chi connectivity index (χ1n) is 6.85. The smallest absolute Gasteiger partial charge is 0.138 e. The van der Waals surface area contributed by atoms with Crippen LogP contribution in [0, 0.1) is 15.3 Å². The number of hydrogen-bond acceptors (Lipinski definition) is 1. The summed E-state index contributed by atoms with van der Waals surface area (Å²) < 4.78 is 16.6. The van der Waals surface area contributed by atoms with E-state index in [1.54, 1.807) is 6.07 Å². The van der Waals surface area contributed by atoms with Crippen LogP contribution in [0.5, 0.6) is 0 Å². The molecule has 2 aromatic rings. The van der Waals surface area contributed by atoms with Gasteiger partial charge in [-0.05, 0) is 47.9 Å². The molecular formula is C15H19ClFIN2. The zero-order valence-electron chi connectivity index (χ0n) is 12.0. The summed E-state index contributed by atoms with van der Waals surface area (Å²) in [6.07, 6.45) is 1.74. The zero-order valence-corrected chi connectivity index (χ0v) is 14.9. The third-order valence-corrected chi connectivity index (χ3v) is 4.39. The first-order valence-corrected chi connectivity index (χ1v) is 8.47. The topological polar surface area (TPSA) is 17.8 Å². The van der Waals surface area contributed by atoms with Crippen molar-refractivity contribution in [3.05, 3.63) is 27.3 Å². The molecule has 1 aromatic heterocycles. The molecule has 1 unspecified atom stereocenters. The van der Waals surface area contributed by atoms with Crippen LogP contribution in [0.25, 0.3) is 11.0 Å². The number of halogens is 3. The minimum atomic E-state index is -0.187. The lowest BCUT2D eigenvalue weighted by Gasteiger charge is -2.19. The molecule has 2 nitrogen and oxygen atoms in total. The van der Waals surface area contributed by atoms with Gasteiger partial charge < -0.3 is 4.57 Å². The zero-order chi connectivity index (χ0) is 14.9. The predicted molar refractivity (Wildman–Crippen MR) is 91.0 cm³/mol. The van der Waals surface area contributed by atoms with E-state index < -0.39 is 0 Å². The highest BCUT2D eigenvalue weighted by Gasteiger charge is 2.18. The van der Waals surface area contributed by atoms with Gasteiger partial charge in [0.25, 0.3) is 0 Å². The fourth-order valence-corrected chi connectivity index (χ4v) is 3.30. The lowest BCUT2D eigenvalue weighted by Crippen LogP contribution is -2.12. The standard InChI is InChI=1S/C15H19ClFIN2/c1-9(2)6-10(3)20-14-7-11(17)12(18)8-13(14)19-15(20)4-5-16/h7-10H,4-6H2,1-3H3. The summed E-state index contributed by atoms with van der Waals surface area (Å²) in [6.45, 7) is 6.55. The molecule has 0 saturated carbocycles. The normalized spacial score (nSPS) is 13.3. The van der Waals surface area contributed by atoms with Gasteiger partial charge in [-0.2, -0.15) is 0 Å². The highest BCUT2D eigenvalue weighted by Crippen LogP contribution is 2.28. The lowest BCUT2D eigenvalue weighted by atomic mass is 10.0. The van der Waals surface area contributed by atoms with Gasteiger partial charge >= 0.3 is 0 Å². The van der Waals surface area contributed by atoms with Crippen molar-refractivity contribution in [2.75, 3.05) is 5.88 Å². The van der Waals surface area contributed by atoms with Crippen LogP contribution in [-0.2, 0) is 6.42 Å². The number of benzene rings is 1. The fourth-order valence-electron chi connectivity index (χ4n) is 2.68. The molecule has 0 fully saturated rings. The lowest BCUT2D eigenvalue weighted by molar-refractivity contribution is 0.426. The van der Waals surface area contributed by atoms with Crippen molar-refractivity contribution in [1.29, 1.82) is 0 Å². The Kier molecular flexibility index (Phi) is 5.29. The highest BCUT2D eigenvalue weighted by atomic mass is 127. The van der Waals surface area contributed by atoms with Gasteiger partial charge in [-0.15, -0.1) is 11.6 Å². The van der Waals surface area contributed by atoms with E-state index in [1.165, 1.54) is 0 Å². The minimum Gasteiger partial charge on any atom is -0.325 e. The summed E-state index contributed by atoms with van der Waals surface area (Å²) in [4.78, 5) is 4.64. The molecule has 0 aliphatic heterocycles. The molecule has 0 amide bonds. The Hall–Kier alpha value is -0.360. The SMILES string of the molecule is CC(C)CC(C)n1c(CCCl)nc2cc(I)c(F)cc21. The average Bonchev–Trinajstić information content (AvgIpc) is 2.67. The van der Waals surface area contributed by atoms with Gasteiger partial charge in [-0.1, -0.05) is 13.8 Å². The first kappa shape index (κ1) is 16.0. The fraction of sp³-hybridized carbons (Fsp3) is 0.533. The third kappa shape index (κ3) is 3.27. The second-order valence-electron chi connectivity index (χ2n) is 5.57. The van der Waals surface area contributed by atoms with Gasteiger partial charge in [0.1, 0.15) is 11.6 Å². The maximum absolute atomic E-state index is 13.9. The van der Waals surface area contributed by atoms with E-state index in [1.807, 2.05) is 28.7 Å². The van der Waals surface area contributed by atoms with Crippen LogP contribution in [0.3, 0.4) is 0 Å². The molecule has 20 heavy (non-hydrogen) atoms. The molecule has 0 radical (unpaired) electrons. The summed E-state index contributed by atoms with van der Waals surface area (Å²) in [5.41, 5.74) is 1.72. The van der Waals surface area contributed by atoms with Gasteiger partial charge in [-0.3, -0.25) is 0 Å². The van der Waals surface area contributed by atoms with Crippen LogP contribution in [-0.4, -0.2) is 15.4 Å². The molecule has 0 spiro atoms. The largest absolute Gasteiger partial charge is 0.325 e. The molecule has 0 aliphatic rings. The number of aryl methyl sites for hydroxylation is 1. The summed E-state index contributed by atoms with van der Waals surface area (Å²) in [7, 11) is 0. The van der Waals surface area contributed by atoms with Crippen molar-refractivity contribution < 1.29 is 4.39 Å². The van der Waals surface area contributed by atoms with E-state index in [2.05, 4.69) is 30.3 Å². The molecule has 0 N–H and O–H groups in total. The van der Waals surface area contributed by atoms with E-state index in [0.29, 0.717) is 21.8 Å². The number of fused-ring (bicyclic) bond motifs is 1. The van der Waals surface area contributed by atoms with Gasteiger partial charge in [0.15, 0.2) is 0 Å². The number of rotatable bonds is 5. The number of nitrogens with zero attached hydrogens (tertiary/aromatic N) is 2. The summed E-state index contributed by atoms with van der Waals surface area (Å²) in [5, 5.41) is 0. The van der Waals surface area contributed by atoms with Crippen molar-refractivity contribution in [2.24, 2.45) is 5.92 Å². The second kappa shape index (κ2) is 6.60. The summed E-state index contributed by atoms with van der Waals surface area (Å²) >= 11 is 7.88. The minimum absolute atomic E-state index is 0.187. The predicted octanol–water partition coefficient (Wildman–Crippen LogP) is 5.17. The number of aromatic nitrogens is 2. The molecule has 1 atom stereocenters. The van der Waals surface area contributed by atoms with Crippen LogP contribution in [0.1, 0.15) is 39.1 Å². The van der Waals surface area contributed by atoms with Gasteiger partial charge in [0.2, 0.25) is 0 Å².